The Labute approximate surface area is 142 Å². The average molecular weight is 329 g/mol. The first-order valence-corrected chi connectivity index (χ1v) is 8.87. The number of aromatic nitrogens is 2. The first kappa shape index (κ1) is 16.9. The number of carbonyl (C=O) groups excluding carboxylic acids is 1. The van der Waals surface area contributed by atoms with Crippen LogP contribution in [0.2, 0.25) is 0 Å². The van der Waals surface area contributed by atoms with E-state index in [0.29, 0.717) is 30.1 Å². The molecular formula is C18H27N5O. The minimum absolute atomic E-state index is 0.415. The van der Waals surface area contributed by atoms with Crippen LogP contribution in [0.15, 0.2) is 18.2 Å². The van der Waals surface area contributed by atoms with Crippen molar-refractivity contribution in [3.63, 3.8) is 0 Å². The molecule has 1 amide bonds. The van der Waals surface area contributed by atoms with Gasteiger partial charge in [-0.25, -0.2) is 4.98 Å². The van der Waals surface area contributed by atoms with Gasteiger partial charge in [0.25, 0.3) is 5.91 Å². The minimum Gasteiger partial charge on any atom is -0.366 e. The number of primary amides is 1. The van der Waals surface area contributed by atoms with Crippen LogP contribution in [0.3, 0.4) is 0 Å². The highest BCUT2D eigenvalue weighted by Crippen LogP contribution is 2.31. The molecule has 1 aliphatic rings. The highest BCUT2D eigenvalue weighted by molar-refractivity contribution is 6.04. The zero-order chi connectivity index (χ0) is 17.1. The van der Waals surface area contributed by atoms with E-state index in [1.54, 1.807) is 6.07 Å². The Kier molecular flexibility index (Phi) is 5.16. The molecule has 1 aromatic carbocycles. The monoisotopic (exact) mass is 329 g/mol. The molecule has 6 heteroatoms. The second-order valence-electron chi connectivity index (χ2n) is 6.56. The van der Waals surface area contributed by atoms with Crippen LogP contribution < -0.4 is 11.5 Å². The summed E-state index contributed by atoms with van der Waals surface area (Å²) in [5.74, 6) is 1.04. The third kappa shape index (κ3) is 3.16. The van der Waals surface area contributed by atoms with Gasteiger partial charge in [-0.05, 0) is 51.0 Å². The zero-order valence-electron chi connectivity index (χ0n) is 14.4. The first-order valence-electron chi connectivity index (χ1n) is 8.87. The third-order valence-corrected chi connectivity index (χ3v) is 4.92. The number of carbonyl (C=O) groups is 1. The summed E-state index contributed by atoms with van der Waals surface area (Å²) in [5, 5.41) is 0. The Balaban J connectivity index is 1.97. The van der Waals surface area contributed by atoms with Crippen molar-refractivity contribution in [1.82, 2.24) is 14.5 Å². The van der Waals surface area contributed by atoms with Gasteiger partial charge in [-0.3, -0.25) is 4.79 Å². The van der Waals surface area contributed by atoms with Crippen molar-refractivity contribution in [2.24, 2.45) is 11.5 Å². The molecule has 4 N–H and O–H groups in total. The molecule has 1 saturated heterocycles. The summed E-state index contributed by atoms with van der Waals surface area (Å²) in [5.41, 5.74) is 13.5. The van der Waals surface area contributed by atoms with Crippen LogP contribution in [0.5, 0.6) is 0 Å². The first-order chi connectivity index (χ1) is 11.7. The highest BCUT2D eigenvalue weighted by Gasteiger charge is 2.26. The zero-order valence-corrected chi connectivity index (χ0v) is 14.4. The van der Waals surface area contributed by atoms with Crippen molar-refractivity contribution in [1.29, 1.82) is 0 Å². The molecule has 24 heavy (non-hydrogen) atoms. The number of amides is 1. The summed E-state index contributed by atoms with van der Waals surface area (Å²) < 4.78 is 2.18. The van der Waals surface area contributed by atoms with Crippen LogP contribution in [-0.2, 0) is 6.54 Å². The quantitative estimate of drug-likeness (QED) is 0.844. The Morgan fingerprint density at radius 1 is 1.29 bits per heavy atom. The van der Waals surface area contributed by atoms with Gasteiger partial charge in [0.1, 0.15) is 11.3 Å². The van der Waals surface area contributed by atoms with E-state index < -0.39 is 5.91 Å². The lowest BCUT2D eigenvalue weighted by Gasteiger charge is -2.31. The summed E-state index contributed by atoms with van der Waals surface area (Å²) in [7, 11) is 0. The van der Waals surface area contributed by atoms with E-state index in [1.807, 2.05) is 12.1 Å². The van der Waals surface area contributed by atoms with E-state index in [9.17, 15) is 4.79 Å². The van der Waals surface area contributed by atoms with Crippen LogP contribution in [0.1, 0.15) is 48.3 Å². The Bertz CT molecular complexity index is 716. The fraction of sp³-hybridized carbons (Fsp3) is 0.556. The Morgan fingerprint density at radius 2 is 2.04 bits per heavy atom. The number of hydrogen-bond donors (Lipinski definition) is 2. The maximum atomic E-state index is 11.7. The molecule has 0 radical (unpaired) electrons. The molecule has 1 aromatic heterocycles. The molecule has 0 saturated carbocycles. The highest BCUT2D eigenvalue weighted by atomic mass is 16.1. The summed E-state index contributed by atoms with van der Waals surface area (Å²) in [6, 6.07) is 5.61. The lowest BCUT2D eigenvalue weighted by molar-refractivity contribution is 0.100. The van der Waals surface area contributed by atoms with Gasteiger partial charge < -0.3 is 20.9 Å². The van der Waals surface area contributed by atoms with Crippen molar-refractivity contribution < 1.29 is 4.79 Å². The van der Waals surface area contributed by atoms with E-state index in [4.69, 9.17) is 16.5 Å². The van der Waals surface area contributed by atoms with Gasteiger partial charge in [-0.2, -0.15) is 0 Å². The van der Waals surface area contributed by atoms with Crippen LogP contribution in [0.4, 0.5) is 0 Å². The number of nitrogens with zero attached hydrogens (tertiary/aromatic N) is 3. The fourth-order valence-corrected chi connectivity index (χ4v) is 3.77. The molecular weight excluding hydrogens is 302 g/mol. The van der Waals surface area contributed by atoms with Crippen molar-refractivity contribution in [3.05, 3.63) is 29.6 Å². The number of imidazole rings is 1. The number of likely N-dealkylation sites (tertiary alicyclic amines) is 1. The third-order valence-electron chi connectivity index (χ3n) is 4.92. The van der Waals surface area contributed by atoms with Crippen LogP contribution in [-0.4, -0.2) is 46.5 Å². The number of benzene rings is 1. The smallest absolute Gasteiger partial charge is 0.250 e. The van der Waals surface area contributed by atoms with Gasteiger partial charge in [0, 0.05) is 19.0 Å². The lowest BCUT2D eigenvalue weighted by atomic mass is 9.95. The Hall–Kier alpha value is -1.92. The fourth-order valence-electron chi connectivity index (χ4n) is 3.77. The van der Waals surface area contributed by atoms with Gasteiger partial charge in [0.05, 0.1) is 11.1 Å². The molecule has 0 atom stereocenters. The maximum absolute atomic E-state index is 11.7. The minimum atomic E-state index is -0.428. The van der Waals surface area contributed by atoms with E-state index in [1.165, 1.54) is 6.42 Å². The topological polar surface area (TPSA) is 90.2 Å². The van der Waals surface area contributed by atoms with Crippen LogP contribution in [0, 0.1) is 0 Å². The SMILES string of the molecule is CCCN1CCC(c2nc3c(C(N)=O)cccc3n2CCN)CC1. The predicted octanol–water partition coefficient (Wildman–Crippen LogP) is 1.68. The van der Waals surface area contributed by atoms with Crippen molar-refractivity contribution >= 4 is 16.9 Å². The molecule has 6 nitrogen and oxygen atoms in total. The van der Waals surface area contributed by atoms with Gasteiger partial charge in [-0.15, -0.1) is 0 Å². The number of hydrogen-bond acceptors (Lipinski definition) is 4. The summed E-state index contributed by atoms with van der Waals surface area (Å²) >= 11 is 0. The Morgan fingerprint density at radius 3 is 2.67 bits per heavy atom. The molecule has 1 aliphatic heterocycles. The van der Waals surface area contributed by atoms with E-state index in [0.717, 1.165) is 43.8 Å². The van der Waals surface area contributed by atoms with Crippen molar-refractivity contribution in [3.8, 4) is 0 Å². The summed E-state index contributed by atoms with van der Waals surface area (Å²) in [6.07, 6.45) is 3.39. The van der Waals surface area contributed by atoms with Crippen LogP contribution >= 0.6 is 0 Å². The summed E-state index contributed by atoms with van der Waals surface area (Å²) in [6.45, 7) is 6.85. The second kappa shape index (κ2) is 7.32. The maximum Gasteiger partial charge on any atom is 0.250 e. The van der Waals surface area contributed by atoms with Crippen molar-refractivity contribution in [2.45, 2.75) is 38.6 Å². The molecule has 2 heterocycles. The molecule has 0 aliphatic carbocycles. The van der Waals surface area contributed by atoms with E-state index in [-0.39, 0.29) is 0 Å². The molecule has 0 bridgehead atoms. The predicted molar refractivity (Wildman–Crippen MR) is 96.0 cm³/mol. The molecule has 0 spiro atoms. The largest absolute Gasteiger partial charge is 0.366 e. The lowest BCUT2D eigenvalue weighted by Crippen LogP contribution is -2.34. The number of fused-ring (bicyclic) bond motifs is 1. The number of para-hydroxylation sites is 1. The standard InChI is InChI=1S/C18H27N5O/c1-2-9-22-10-6-13(7-11-22)18-21-16-14(17(20)24)4-3-5-15(16)23(18)12-8-19/h3-5,13H,2,6-12,19H2,1H3,(H2,20,24). The summed E-state index contributed by atoms with van der Waals surface area (Å²) in [4.78, 5) is 19.1. The number of piperidine rings is 1. The van der Waals surface area contributed by atoms with Gasteiger partial charge in [0.2, 0.25) is 0 Å². The molecule has 1 fully saturated rings. The number of nitrogens with two attached hydrogens (primary N) is 2. The molecule has 3 rings (SSSR count). The second-order valence-corrected chi connectivity index (χ2v) is 6.56. The van der Waals surface area contributed by atoms with Crippen LogP contribution in [0.25, 0.3) is 11.0 Å². The molecule has 130 valence electrons. The van der Waals surface area contributed by atoms with Crippen molar-refractivity contribution in [2.75, 3.05) is 26.2 Å². The van der Waals surface area contributed by atoms with E-state index in [2.05, 4.69) is 16.4 Å². The normalized spacial score (nSPS) is 16.8. The van der Waals surface area contributed by atoms with Gasteiger partial charge >= 0.3 is 0 Å². The molecule has 2 aromatic rings. The number of rotatable bonds is 6. The van der Waals surface area contributed by atoms with Gasteiger partial charge in [0.15, 0.2) is 0 Å². The van der Waals surface area contributed by atoms with Gasteiger partial charge in [-0.1, -0.05) is 13.0 Å². The average Bonchev–Trinajstić information content (AvgIpc) is 2.95. The van der Waals surface area contributed by atoms with E-state index >= 15 is 0 Å². The molecule has 0 unspecified atom stereocenters.